The lowest BCUT2D eigenvalue weighted by Gasteiger charge is -2.25. The molecule has 6 heteroatoms. The van der Waals surface area contributed by atoms with Crippen molar-refractivity contribution in [3.8, 4) is 11.5 Å². The monoisotopic (exact) mass is 406 g/mol. The number of rotatable bonds is 10. The molecule has 0 spiro atoms. The first kappa shape index (κ1) is 21.4. The van der Waals surface area contributed by atoms with Gasteiger partial charge < -0.3 is 20.7 Å². The second-order valence-corrected chi connectivity index (χ2v) is 7.04. The van der Waals surface area contributed by atoms with Crippen molar-refractivity contribution in [2.45, 2.75) is 12.6 Å². The number of aromatic hydroxyl groups is 1. The van der Waals surface area contributed by atoms with E-state index in [0.29, 0.717) is 32.0 Å². The van der Waals surface area contributed by atoms with Gasteiger partial charge in [-0.3, -0.25) is 9.69 Å². The van der Waals surface area contributed by atoms with Crippen LogP contribution in [0.1, 0.15) is 27.6 Å². The summed E-state index contributed by atoms with van der Waals surface area (Å²) in [5.41, 5.74) is 7.26. The van der Waals surface area contributed by atoms with Crippen LogP contribution < -0.4 is 10.5 Å². The molecule has 0 radical (unpaired) electrons. The third kappa shape index (κ3) is 6.07. The van der Waals surface area contributed by atoms with E-state index in [2.05, 4.69) is 4.90 Å². The molecule has 3 rings (SSSR count). The third-order valence-electron chi connectivity index (χ3n) is 4.78. The van der Waals surface area contributed by atoms with Crippen molar-refractivity contribution >= 4 is 5.91 Å². The van der Waals surface area contributed by atoms with Crippen molar-refractivity contribution in [1.82, 2.24) is 4.90 Å². The van der Waals surface area contributed by atoms with Gasteiger partial charge in [0.05, 0.1) is 11.7 Å². The summed E-state index contributed by atoms with van der Waals surface area (Å²) in [5, 5.41) is 20.5. The lowest BCUT2D eigenvalue weighted by Crippen LogP contribution is -2.32. The highest BCUT2D eigenvalue weighted by Gasteiger charge is 2.15. The minimum Gasteiger partial charge on any atom is -0.507 e. The molecule has 0 saturated carbocycles. The Morgan fingerprint density at radius 2 is 1.67 bits per heavy atom. The Hall–Kier alpha value is -3.35. The van der Waals surface area contributed by atoms with Crippen LogP contribution in [0.3, 0.4) is 0 Å². The molecule has 0 aliphatic heterocycles. The highest BCUT2D eigenvalue weighted by molar-refractivity contribution is 5.95. The van der Waals surface area contributed by atoms with Crippen molar-refractivity contribution < 1.29 is 19.7 Å². The number of amides is 1. The fraction of sp³-hybridized carbons (Fsp3) is 0.208. The Bertz CT molecular complexity index is 948. The van der Waals surface area contributed by atoms with Gasteiger partial charge in [-0.25, -0.2) is 0 Å². The smallest absolute Gasteiger partial charge is 0.252 e. The first-order valence-electron chi connectivity index (χ1n) is 9.78. The molecule has 4 N–H and O–H groups in total. The van der Waals surface area contributed by atoms with Crippen LogP contribution >= 0.6 is 0 Å². The molecule has 0 saturated heterocycles. The largest absolute Gasteiger partial charge is 0.507 e. The Balaban J connectivity index is 1.63. The fourth-order valence-corrected chi connectivity index (χ4v) is 3.20. The van der Waals surface area contributed by atoms with Crippen molar-refractivity contribution in [2.24, 2.45) is 5.73 Å². The highest BCUT2D eigenvalue weighted by atomic mass is 16.5. The average Bonchev–Trinajstić information content (AvgIpc) is 2.75. The second-order valence-electron chi connectivity index (χ2n) is 7.04. The van der Waals surface area contributed by atoms with Crippen LogP contribution in [0.15, 0.2) is 78.9 Å². The molecule has 1 atom stereocenters. The molecule has 0 aromatic heterocycles. The number of aliphatic hydroxyl groups excluding tert-OH is 1. The van der Waals surface area contributed by atoms with E-state index in [1.54, 1.807) is 6.07 Å². The van der Waals surface area contributed by atoms with E-state index >= 15 is 0 Å². The number of ether oxygens (including phenoxy) is 1. The number of carbonyl (C=O) groups is 1. The number of benzene rings is 3. The minimum atomic E-state index is -0.692. The molecule has 0 heterocycles. The highest BCUT2D eigenvalue weighted by Crippen LogP contribution is 2.23. The van der Waals surface area contributed by atoms with E-state index in [9.17, 15) is 15.0 Å². The number of nitrogens with two attached hydrogens (primary N) is 1. The van der Waals surface area contributed by atoms with Gasteiger partial charge in [0.25, 0.3) is 5.91 Å². The van der Waals surface area contributed by atoms with Crippen LogP contribution in [0.5, 0.6) is 11.5 Å². The predicted octanol–water partition coefficient (Wildman–Crippen LogP) is 3.11. The number of phenols is 1. The number of nitrogens with zero attached hydrogens (tertiary/aromatic N) is 1. The average molecular weight is 406 g/mol. The van der Waals surface area contributed by atoms with E-state index in [-0.39, 0.29) is 11.3 Å². The van der Waals surface area contributed by atoms with Crippen LogP contribution in [-0.2, 0) is 6.54 Å². The number of primary amides is 1. The molecule has 30 heavy (non-hydrogen) atoms. The first-order chi connectivity index (χ1) is 14.5. The number of aliphatic hydroxyl groups is 1. The zero-order valence-corrected chi connectivity index (χ0v) is 16.6. The van der Waals surface area contributed by atoms with Gasteiger partial charge in [-0.05, 0) is 23.3 Å². The number of carbonyl (C=O) groups excluding carboxylic acids is 1. The molecule has 0 fully saturated rings. The van der Waals surface area contributed by atoms with Crippen LogP contribution in [0.4, 0.5) is 0 Å². The Kier molecular flexibility index (Phi) is 7.43. The zero-order chi connectivity index (χ0) is 21.3. The topological polar surface area (TPSA) is 96.0 Å². The summed E-state index contributed by atoms with van der Waals surface area (Å²) < 4.78 is 5.74. The molecule has 1 amide bonds. The summed E-state index contributed by atoms with van der Waals surface area (Å²) in [6.45, 7) is 2.04. The lowest BCUT2D eigenvalue weighted by molar-refractivity contribution is 0.0986. The van der Waals surface area contributed by atoms with Gasteiger partial charge in [-0.1, -0.05) is 60.7 Å². The summed E-state index contributed by atoms with van der Waals surface area (Å²) in [6, 6.07) is 24.0. The maximum absolute atomic E-state index is 11.2. The normalized spacial score (nSPS) is 11.9. The van der Waals surface area contributed by atoms with Crippen LogP contribution in [0.25, 0.3) is 0 Å². The van der Waals surface area contributed by atoms with E-state index in [4.69, 9.17) is 10.5 Å². The molecular weight excluding hydrogens is 380 g/mol. The van der Waals surface area contributed by atoms with Gasteiger partial charge in [-0.15, -0.1) is 0 Å². The van der Waals surface area contributed by atoms with E-state index in [0.717, 1.165) is 11.1 Å². The summed E-state index contributed by atoms with van der Waals surface area (Å²) >= 11 is 0. The summed E-state index contributed by atoms with van der Waals surface area (Å²) in [5.74, 6) is -0.454. The molecule has 3 aromatic rings. The van der Waals surface area contributed by atoms with Crippen LogP contribution in [-0.4, -0.2) is 40.7 Å². The Morgan fingerprint density at radius 3 is 2.30 bits per heavy atom. The van der Waals surface area contributed by atoms with E-state index in [1.807, 2.05) is 60.7 Å². The van der Waals surface area contributed by atoms with Crippen molar-refractivity contribution in [2.75, 3.05) is 19.7 Å². The number of hydrogen-bond donors (Lipinski definition) is 3. The van der Waals surface area contributed by atoms with Crippen LogP contribution in [0, 0.1) is 0 Å². The van der Waals surface area contributed by atoms with Crippen molar-refractivity contribution in [3.05, 3.63) is 95.6 Å². The van der Waals surface area contributed by atoms with Crippen molar-refractivity contribution in [3.63, 3.8) is 0 Å². The maximum Gasteiger partial charge on any atom is 0.252 e. The second kappa shape index (κ2) is 10.4. The van der Waals surface area contributed by atoms with Gasteiger partial charge in [-0.2, -0.15) is 0 Å². The first-order valence-corrected chi connectivity index (χ1v) is 9.78. The molecule has 6 nitrogen and oxygen atoms in total. The van der Waals surface area contributed by atoms with E-state index in [1.165, 1.54) is 12.1 Å². The van der Waals surface area contributed by atoms with E-state index < -0.39 is 12.0 Å². The summed E-state index contributed by atoms with van der Waals surface area (Å²) in [4.78, 5) is 13.3. The Morgan fingerprint density at radius 1 is 1.00 bits per heavy atom. The standard InChI is InChI=1S/C24H26N2O4/c25-24(29)21-12-11-20(15-22(21)27)30-14-13-26(16-18-7-3-1-4-8-18)17-23(28)19-9-5-2-6-10-19/h1-12,15,23,27-28H,13-14,16-17H2,(H2,25,29). The number of hydrogen-bond acceptors (Lipinski definition) is 5. The maximum atomic E-state index is 11.2. The van der Waals surface area contributed by atoms with Crippen LogP contribution in [0.2, 0.25) is 0 Å². The van der Waals surface area contributed by atoms with Gasteiger partial charge in [0.1, 0.15) is 18.1 Å². The van der Waals surface area contributed by atoms with Gasteiger partial charge in [0.15, 0.2) is 0 Å². The van der Waals surface area contributed by atoms with Gasteiger partial charge in [0.2, 0.25) is 0 Å². The minimum absolute atomic E-state index is 0.0547. The summed E-state index contributed by atoms with van der Waals surface area (Å²) in [7, 11) is 0. The quantitative estimate of drug-likeness (QED) is 0.481. The molecule has 0 aliphatic rings. The van der Waals surface area contributed by atoms with Gasteiger partial charge >= 0.3 is 0 Å². The lowest BCUT2D eigenvalue weighted by atomic mass is 10.1. The third-order valence-corrected chi connectivity index (χ3v) is 4.78. The summed E-state index contributed by atoms with van der Waals surface area (Å²) in [6.07, 6.45) is -0.617. The molecule has 1 unspecified atom stereocenters. The van der Waals surface area contributed by atoms with Crippen molar-refractivity contribution in [1.29, 1.82) is 0 Å². The molecular formula is C24H26N2O4. The Labute approximate surface area is 176 Å². The zero-order valence-electron chi connectivity index (χ0n) is 16.6. The fourth-order valence-electron chi connectivity index (χ4n) is 3.20. The SMILES string of the molecule is NC(=O)c1ccc(OCCN(Cc2ccccc2)CC(O)c2ccccc2)cc1O. The predicted molar refractivity (Wildman–Crippen MR) is 115 cm³/mol. The molecule has 0 bridgehead atoms. The van der Waals surface area contributed by atoms with Gasteiger partial charge in [0, 0.05) is 25.7 Å². The molecule has 156 valence electrons. The molecule has 3 aromatic carbocycles. The molecule has 0 aliphatic carbocycles.